The highest BCUT2D eigenvalue weighted by molar-refractivity contribution is 5.72. The van der Waals surface area contributed by atoms with Crippen LogP contribution in [0.3, 0.4) is 0 Å². The summed E-state index contributed by atoms with van der Waals surface area (Å²) in [6.45, 7) is 7.46. The number of para-hydroxylation sites is 2. The van der Waals surface area contributed by atoms with Crippen molar-refractivity contribution in [3.05, 3.63) is 24.3 Å². The molecule has 3 heteroatoms. The summed E-state index contributed by atoms with van der Waals surface area (Å²) in [6, 6.07) is 8.66. The van der Waals surface area contributed by atoms with Crippen molar-refractivity contribution in [3.63, 3.8) is 0 Å². The summed E-state index contributed by atoms with van der Waals surface area (Å²) in [5.41, 5.74) is 1.67. The first-order valence-electron chi connectivity index (χ1n) is 5.79. The minimum absolute atomic E-state index is 0.404. The van der Waals surface area contributed by atoms with Crippen LogP contribution in [0.25, 0.3) is 0 Å². The standard InChI is InChI=1S/C13H20N2O/c1-10-8-14-11-6-4-5-7-12(11)15(10)9-13(2,3)16/h4-7,10,14,16H,8-9H2,1-3H3. The number of aliphatic hydroxyl groups is 1. The maximum absolute atomic E-state index is 9.95. The van der Waals surface area contributed by atoms with Crippen molar-refractivity contribution in [3.8, 4) is 0 Å². The van der Waals surface area contributed by atoms with Crippen molar-refractivity contribution < 1.29 is 5.11 Å². The molecule has 1 heterocycles. The SMILES string of the molecule is CC1CNc2ccccc2N1CC(C)(C)O. The number of β-amino-alcohol motifs (C(OH)–C–C–N with tert-alkyl or cyclic N) is 1. The fraction of sp³-hybridized carbons (Fsp3) is 0.538. The third-order valence-electron chi connectivity index (χ3n) is 2.89. The van der Waals surface area contributed by atoms with E-state index in [0.717, 1.165) is 12.2 Å². The molecule has 0 aromatic heterocycles. The van der Waals surface area contributed by atoms with Crippen molar-refractivity contribution in [2.24, 2.45) is 0 Å². The van der Waals surface area contributed by atoms with Crippen LogP contribution in [0.1, 0.15) is 20.8 Å². The highest BCUT2D eigenvalue weighted by Gasteiger charge is 2.27. The van der Waals surface area contributed by atoms with Gasteiger partial charge in [-0.15, -0.1) is 0 Å². The lowest BCUT2D eigenvalue weighted by atomic mass is 10.0. The van der Waals surface area contributed by atoms with Gasteiger partial charge in [0.15, 0.2) is 0 Å². The average Bonchev–Trinajstić information content (AvgIpc) is 2.21. The number of anilines is 2. The van der Waals surface area contributed by atoms with Crippen LogP contribution in [0.5, 0.6) is 0 Å². The second-order valence-corrected chi connectivity index (χ2v) is 5.19. The molecule has 1 unspecified atom stereocenters. The Balaban J connectivity index is 2.30. The van der Waals surface area contributed by atoms with E-state index < -0.39 is 5.60 Å². The molecule has 2 rings (SSSR count). The van der Waals surface area contributed by atoms with Crippen molar-refractivity contribution in [1.82, 2.24) is 0 Å². The molecule has 0 aliphatic carbocycles. The van der Waals surface area contributed by atoms with Gasteiger partial charge in [0, 0.05) is 19.1 Å². The first-order valence-corrected chi connectivity index (χ1v) is 5.79. The van der Waals surface area contributed by atoms with E-state index in [-0.39, 0.29) is 0 Å². The molecular weight excluding hydrogens is 200 g/mol. The summed E-state index contributed by atoms with van der Waals surface area (Å²) in [6.07, 6.45) is 0. The normalized spacial score (nSPS) is 20.2. The molecule has 0 saturated heterocycles. The van der Waals surface area contributed by atoms with Crippen LogP contribution >= 0.6 is 0 Å². The van der Waals surface area contributed by atoms with E-state index in [0.29, 0.717) is 12.6 Å². The van der Waals surface area contributed by atoms with Crippen molar-refractivity contribution in [1.29, 1.82) is 0 Å². The zero-order chi connectivity index (χ0) is 11.8. The molecule has 1 atom stereocenters. The van der Waals surface area contributed by atoms with Crippen LogP contribution in [0, 0.1) is 0 Å². The Morgan fingerprint density at radius 2 is 2.12 bits per heavy atom. The molecule has 0 bridgehead atoms. The summed E-state index contributed by atoms with van der Waals surface area (Å²) in [5, 5.41) is 13.4. The Bertz CT molecular complexity index is 370. The summed E-state index contributed by atoms with van der Waals surface area (Å²) in [7, 11) is 0. The van der Waals surface area contributed by atoms with Crippen LogP contribution in [-0.2, 0) is 0 Å². The molecular formula is C13H20N2O. The largest absolute Gasteiger partial charge is 0.389 e. The van der Waals surface area contributed by atoms with E-state index in [4.69, 9.17) is 0 Å². The number of hydrogen-bond donors (Lipinski definition) is 2. The van der Waals surface area contributed by atoms with E-state index in [9.17, 15) is 5.11 Å². The van der Waals surface area contributed by atoms with Crippen LogP contribution in [0.2, 0.25) is 0 Å². The first kappa shape index (κ1) is 11.3. The number of hydrogen-bond acceptors (Lipinski definition) is 3. The Morgan fingerprint density at radius 1 is 1.44 bits per heavy atom. The van der Waals surface area contributed by atoms with Gasteiger partial charge in [-0.2, -0.15) is 0 Å². The third-order valence-corrected chi connectivity index (χ3v) is 2.89. The van der Waals surface area contributed by atoms with Crippen LogP contribution in [-0.4, -0.2) is 29.8 Å². The second kappa shape index (κ2) is 3.98. The molecule has 1 aliphatic heterocycles. The number of nitrogens with zero attached hydrogens (tertiary/aromatic N) is 1. The summed E-state index contributed by atoms with van der Waals surface area (Å²) < 4.78 is 0. The number of rotatable bonds is 2. The van der Waals surface area contributed by atoms with Gasteiger partial charge in [-0.25, -0.2) is 0 Å². The van der Waals surface area contributed by atoms with Gasteiger partial charge in [0.25, 0.3) is 0 Å². The van der Waals surface area contributed by atoms with E-state index in [2.05, 4.69) is 29.3 Å². The minimum Gasteiger partial charge on any atom is -0.389 e. The zero-order valence-corrected chi connectivity index (χ0v) is 10.2. The highest BCUT2D eigenvalue weighted by Crippen LogP contribution is 2.31. The van der Waals surface area contributed by atoms with Crippen LogP contribution in [0.15, 0.2) is 24.3 Å². The van der Waals surface area contributed by atoms with Gasteiger partial charge >= 0.3 is 0 Å². The average molecular weight is 220 g/mol. The summed E-state index contributed by atoms with van der Waals surface area (Å²) >= 11 is 0. The van der Waals surface area contributed by atoms with Crippen LogP contribution < -0.4 is 10.2 Å². The van der Waals surface area contributed by atoms with Gasteiger partial charge in [0.1, 0.15) is 0 Å². The molecule has 1 aromatic carbocycles. The van der Waals surface area contributed by atoms with E-state index in [1.807, 2.05) is 26.0 Å². The van der Waals surface area contributed by atoms with Gasteiger partial charge in [0.2, 0.25) is 0 Å². The molecule has 1 aromatic rings. The highest BCUT2D eigenvalue weighted by atomic mass is 16.3. The molecule has 0 amide bonds. The van der Waals surface area contributed by atoms with Gasteiger partial charge in [-0.1, -0.05) is 12.1 Å². The lowest BCUT2D eigenvalue weighted by Gasteiger charge is -2.40. The minimum atomic E-state index is -0.668. The molecule has 2 N–H and O–H groups in total. The van der Waals surface area contributed by atoms with Crippen molar-refractivity contribution in [2.75, 3.05) is 23.3 Å². The lowest BCUT2D eigenvalue weighted by molar-refractivity contribution is 0.0855. The molecule has 3 nitrogen and oxygen atoms in total. The Labute approximate surface area is 97.1 Å². The molecule has 0 saturated carbocycles. The van der Waals surface area contributed by atoms with Crippen molar-refractivity contribution >= 4 is 11.4 Å². The number of benzene rings is 1. The van der Waals surface area contributed by atoms with Gasteiger partial charge in [-0.3, -0.25) is 0 Å². The maximum Gasteiger partial charge on any atom is 0.0766 e. The Morgan fingerprint density at radius 3 is 2.81 bits per heavy atom. The topological polar surface area (TPSA) is 35.5 Å². The Kier molecular flexibility index (Phi) is 2.80. The predicted octanol–water partition coefficient (Wildman–Crippen LogP) is 2.08. The fourth-order valence-electron chi connectivity index (χ4n) is 2.14. The summed E-state index contributed by atoms with van der Waals surface area (Å²) in [5.74, 6) is 0. The molecule has 0 fully saturated rings. The number of nitrogens with one attached hydrogen (secondary N) is 1. The fourth-order valence-corrected chi connectivity index (χ4v) is 2.14. The molecule has 88 valence electrons. The monoisotopic (exact) mass is 220 g/mol. The van der Waals surface area contributed by atoms with Crippen LogP contribution in [0.4, 0.5) is 11.4 Å². The predicted molar refractivity (Wildman–Crippen MR) is 68.0 cm³/mol. The molecule has 0 spiro atoms. The van der Waals surface area contributed by atoms with Gasteiger partial charge in [0.05, 0.1) is 17.0 Å². The second-order valence-electron chi connectivity index (χ2n) is 5.19. The molecule has 16 heavy (non-hydrogen) atoms. The van der Waals surface area contributed by atoms with Gasteiger partial charge < -0.3 is 15.3 Å². The van der Waals surface area contributed by atoms with Gasteiger partial charge in [-0.05, 0) is 32.9 Å². The number of fused-ring (bicyclic) bond motifs is 1. The third kappa shape index (κ3) is 2.30. The maximum atomic E-state index is 9.95. The molecule has 1 aliphatic rings. The first-order chi connectivity index (χ1) is 7.47. The lowest BCUT2D eigenvalue weighted by Crippen LogP contribution is -2.48. The van der Waals surface area contributed by atoms with Crippen molar-refractivity contribution in [2.45, 2.75) is 32.4 Å². The Hall–Kier alpha value is -1.22. The summed E-state index contributed by atoms with van der Waals surface area (Å²) in [4.78, 5) is 2.27. The quantitative estimate of drug-likeness (QED) is 0.801. The molecule has 0 radical (unpaired) electrons. The smallest absolute Gasteiger partial charge is 0.0766 e. The van der Waals surface area contributed by atoms with E-state index in [1.54, 1.807) is 0 Å². The van der Waals surface area contributed by atoms with E-state index >= 15 is 0 Å². The zero-order valence-electron chi connectivity index (χ0n) is 10.2. The van der Waals surface area contributed by atoms with E-state index in [1.165, 1.54) is 5.69 Å².